The van der Waals surface area contributed by atoms with Gasteiger partial charge in [0.05, 0.1) is 0 Å². The molecule has 0 unspecified atom stereocenters. The van der Waals surface area contributed by atoms with Crippen LogP contribution in [0.3, 0.4) is 0 Å². The van der Waals surface area contributed by atoms with Crippen molar-refractivity contribution >= 4 is 34.2 Å². The van der Waals surface area contributed by atoms with Gasteiger partial charge in [0, 0.05) is 15.8 Å². The maximum absolute atomic E-state index is 12.2. The lowest BCUT2D eigenvalue weighted by atomic mass is 10.1. The molecular formula is C21H16ClN3O5. The number of carbonyl (C=O) groups is 2. The Morgan fingerprint density at radius 3 is 2.47 bits per heavy atom. The van der Waals surface area contributed by atoms with Crippen molar-refractivity contribution in [1.29, 1.82) is 5.26 Å². The standard InChI is InChI=1S/C21H16ClN3O5/c1-10-5-12(22)6-11(2)20(10)30-13-3-4-14-15(7-13)19(28)18(25-16(14)8-23)21(29)24-9-17(26)27/h3-7,28H,9H2,1-2H3,(H,24,29)(H,26,27). The highest BCUT2D eigenvalue weighted by Crippen LogP contribution is 2.36. The molecular weight excluding hydrogens is 410 g/mol. The third-order valence-electron chi connectivity index (χ3n) is 4.32. The number of amides is 1. The summed E-state index contributed by atoms with van der Waals surface area (Å²) in [5, 5.41) is 31.9. The number of ether oxygens (including phenoxy) is 1. The van der Waals surface area contributed by atoms with Gasteiger partial charge in [0.2, 0.25) is 0 Å². The first-order valence-corrected chi connectivity index (χ1v) is 9.10. The van der Waals surface area contributed by atoms with Crippen molar-refractivity contribution in [2.45, 2.75) is 13.8 Å². The number of aromatic hydroxyl groups is 1. The number of rotatable bonds is 5. The fourth-order valence-corrected chi connectivity index (χ4v) is 3.33. The molecule has 3 N–H and O–H groups in total. The number of nitrogens with zero attached hydrogens (tertiary/aromatic N) is 2. The second-order valence-corrected chi connectivity index (χ2v) is 6.96. The second kappa shape index (κ2) is 8.27. The third-order valence-corrected chi connectivity index (χ3v) is 4.53. The van der Waals surface area contributed by atoms with Crippen LogP contribution < -0.4 is 10.1 Å². The smallest absolute Gasteiger partial charge is 0.322 e. The number of halogens is 1. The number of aromatic nitrogens is 1. The van der Waals surface area contributed by atoms with Gasteiger partial charge in [-0.05, 0) is 55.3 Å². The number of aliphatic carboxylic acids is 1. The van der Waals surface area contributed by atoms with Crippen LogP contribution in [0.1, 0.15) is 27.3 Å². The van der Waals surface area contributed by atoms with Crippen LogP contribution in [0.25, 0.3) is 10.8 Å². The van der Waals surface area contributed by atoms with Crippen LogP contribution in [0.4, 0.5) is 0 Å². The zero-order valence-corrected chi connectivity index (χ0v) is 16.7. The van der Waals surface area contributed by atoms with Crippen LogP contribution in [-0.4, -0.2) is 33.6 Å². The molecule has 0 aliphatic rings. The highest BCUT2D eigenvalue weighted by atomic mass is 35.5. The van der Waals surface area contributed by atoms with Crippen molar-refractivity contribution in [1.82, 2.24) is 10.3 Å². The molecule has 0 saturated heterocycles. The Bertz CT molecular complexity index is 1210. The summed E-state index contributed by atoms with van der Waals surface area (Å²) >= 11 is 6.05. The summed E-state index contributed by atoms with van der Waals surface area (Å²) in [5.41, 5.74) is 1.08. The SMILES string of the molecule is Cc1cc(Cl)cc(C)c1Oc1ccc2c(C#N)nc(C(=O)NCC(=O)O)c(O)c2c1. The van der Waals surface area contributed by atoms with Crippen molar-refractivity contribution < 1.29 is 24.5 Å². The summed E-state index contributed by atoms with van der Waals surface area (Å²) in [5.74, 6) is -1.70. The number of benzene rings is 2. The average molecular weight is 426 g/mol. The van der Waals surface area contributed by atoms with E-state index in [1.165, 1.54) is 6.07 Å². The lowest BCUT2D eigenvalue weighted by molar-refractivity contribution is -0.135. The number of nitrogens with one attached hydrogen (secondary N) is 1. The molecule has 3 aromatic rings. The number of hydrogen-bond acceptors (Lipinski definition) is 6. The number of nitriles is 1. The van der Waals surface area contributed by atoms with Crippen molar-refractivity contribution in [3.8, 4) is 23.3 Å². The van der Waals surface area contributed by atoms with E-state index in [4.69, 9.17) is 21.4 Å². The molecule has 152 valence electrons. The van der Waals surface area contributed by atoms with E-state index in [0.717, 1.165) is 11.1 Å². The lowest BCUT2D eigenvalue weighted by Crippen LogP contribution is -2.30. The number of pyridine rings is 1. The Morgan fingerprint density at radius 1 is 1.20 bits per heavy atom. The van der Waals surface area contributed by atoms with E-state index in [9.17, 15) is 20.0 Å². The molecule has 1 aromatic heterocycles. The van der Waals surface area contributed by atoms with Gasteiger partial charge in [-0.1, -0.05) is 11.6 Å². The van der Waals surface area contributed by atoms with Gasteiger partial charge in [0.15, 0.2) is 11.4 Å². The summed E-state index contributed by atoms with van der Waals surface area (Å²) in [6.07, 6.45) is 0. The summed E-state index contributed by atoms with van der Waals surface area (Å²) in [4.78, 5) is 26.8. The van der Waals surface area contributed by atoms with E-state index in [0.29, 0.717) is 21.9 Å². The number of carbonyl (C=O) groups excluding carboxylic acids is 1. The first-order chi connectivity index (χ1) is 14.2. The Morgan fingerprint density at radius 2 is 1.87 bits per heavy atom. The molecule has 0 saturated carbocycles. The molecule has 0 aliphatic carbocycles. The molecule has 0 fully saturated rings. The molecule has 1 heterocycles. The number of fused-ring (bicyclic) bond motifs is 1. The molecule has 9 heteroatoms. The summed E-state index contributed by atoms with van der Waals surface area (Å²) in [6, 6.07) is 10.0. The molecule has 3 rings (SSSR count). The predicted octanol–water partition coefficient (Wildman–Crippen LogP) is 3.69. The molecule has 0 spiro atoms. The van der Waals surface area contributed by atoms with Crippen molar-refractivity contribution in [2.24, 2.45) is 0 Å². The zero-order chi connectivity index (χ0) is 22.0. The maximum Gasteiger partial charge on any atom is 0.322 e. The quantitative estimate of drug-likeness (QED) is 0.567. The van der Waals surface area contributed by atoms with E-state index in [-0.39, 0.29) is 11.1 Å². The molecule has 30 heavy (non-hydrogen) atoms. The van der Waals surface area contributed by atoms with Crippen LogP contribution in [0.2, 0.25) is 5.02 Å². The van der Waals surface area contributed by atoms with Crippen molar-refractivity contribution in [3.05, 3.63) is 57.9 Å². The predicted molar refractivity (Wildman–Crippen MR) is 109 cm³/mol. The highest BCUT2D eigenvalue weighted by Gasteiger charge is 2.20. The fourth-order valence-electron chi connectivity index (χ4n) is 3.00. The molecule has 0 aliphatic heterocycles. The molecule has 0 bridgehead atoms. The second-order valence-electron chi connectivity index (χ2n) is 6.52. The van der Waals surface area contributed by atoms with Gasteiger partial charge in [-0.2, -0.15) is 5.26 Å². The Labute approximate surface area is 176 Å². The van der Waals surface area contributed by atoms with E-state index >= 15 is 0 Å². The maximum atomic E-state index is 12.2. The van der Waals surface area contributed by atoms with Crippen molar-refractivity contribution in [3.63, 3.8) is 0 Å². The van der Waals surface area contributed by atoms with Crippen LogP contribution >= 0.6 is 11.6 Å². The Hall–Kier alpha value is -3.83. The summed E-state index contributed by atoms with van der Waals surface area (Å²) in [7, 11) is 0. The normalized spacial score (nSPS) is 10.5. The molecule has 2 aromatic carbocycles. The minimum atomic E-state index is -1.26. The topological polar surface area (TPSA) is 133 Å². The summed E-state index contributed by atoms with van der Waals surface area (Å²) < 4.78 is 5.96. The first kappa shape index (κ1) is 20.9. The molecule has 8 nitrogen and oxygen atoms in total. The largest absolute Gasteiger partial charge is 0.505 e. The van der Waals surface area contributed by atoms with Crippen LogP contribution in [0, 0.1) is 25.2 Å². The van der Waals surface area contributed by atoms with Gasteiger partial charge in [-0.15, -0.1) is 0 Å². The van der Waals surface area contributed by atoms with Crippen LogP contribution in [0.5, 0.6) is 17.2 Å². The van der Waals surface area contributed by atoms with E-state index in [1.54, 1.807) is 24.3 Å². The minimum Gasteiger partial charge on any atom is -0.505 e. The van der Waals surface area contributed by atoms with Gasteiger partial charge in [0.1, 0.15) is 29.8 Å². The number of carboxylic acids is 1. The van der Waals surface area contributed by atoms with Crippen LogP contribution in [0.15, 0.2) is 30.3 Å². The zero-order valence-electron chi connectivity index (χ0n) is 16.0. The fraction of sp³-hybridized carbons (Fsp3) is 0.143. The van der Waals surface area contributed by atoms with Gasteiger partial charge >= 0.3 is 5.97 Å². The monoisotopic (exact) mass is 425 g/mol. The molecule has 0 atom stereocenters. The van der Waals surface area contributed by atoms with Crippen molar-refractivity contribution in [2.75, 3.05) is 6.54 Å². The molecule has 1 amide bonds. The van der Waals surface area contributed by atoms with E-state index in [1.807, 2.05) is 19.9 Å². The minimum absolute atomic E-state index is 0.0892. The first-order valence-electron chi connectivity index (χ1n) is 8.72. The average Bonchev–Trinajstić information content (AvgIpc) is 2.69. The third kappa shape index (κ3) is 4.11. The van der Waals surface area contributed by atoms with Gasteiger partial charge in [-0.25, -0.2) is 4.98 Å². The van der Waals surface area contributed by atoms with Gasteiger partial charge in [-0.3, -0.25) is 9.59 Å². The number of aryl methyl sites for hydroxylation is 2. The Kier molecular flexibility index (Phi) is 5.76. The molecule has 0 radical (unpaired) electrons. The number of carboxylic acid groups (broad SMARTS) is 1. The van der Waals surface area contributed by atoms with Gasteiger partial charge < -0.3 is 20.3 Å². The number of hydrogen-bond donors (Lipinski definition) is 3. The summed E-state index contributed by atoms with van der Waals surface area (Å²) in [6.45, 7) is 3.03. The van der Waals surface area contributed by atoms with E-state index in [2.05, 4.69) is 10.3 Å². The van der Waals surface area contributed by atoms with Crippen LogP contribution in [-0.2, 0) is 4.79 Å². The van der Waals surface area contributed by atoms with Gasteiger partial charge in [0.25, 0.3) is 5.91 Å². The highest BCUT2D eigenvalue weighted by molar-refractivity contribution is 6.30. The van der Waals surface area contributed by atoms with E-state index < -0.39 is 29.9 Å². The lowest BCUT2D eigenvalue weighted by Gasteiger charge is -2.14. The Balaban J connectivity index is 2.09.